The normalized spacial score (nSPS) is 15.9. The number of nitrogen functional groups attached to an aromatic ring is 1. The Kier molecular flexibility index (Phi) is 6.12. The number of benzene rings is 2. The van der Waals surface area contributed by atoms with Gasteiger partial charge in [-0.05, 0) is 48.3 Å². The van der Waals surface area contributed by atoms with E-state index >= 15 is 0 Å². The minimum Gasteiger partial charge on any atom is -0.368 e. The van der Waals surface area contributed by atoms with Gasteiger partial charge in [-0.3, -0.25) is 9.80 Å². The van der Waals surface area contributed by atoms with Gasteiger partial charge in [0.2, 0.25) is 5.95 Å². The quantitative estimate of drug-likeness (QED) is 0.721. The third-order valence-corrected chi connectivity index (χ3v) is 5.39. The molecular formula is C23H26FN5. The van der Waals surface area contributed by atoms with E-state index in [2.05, 4.69) is 38.0 Å². The van der Waals surface area contributed by atoms with E-state index in [9.17, 15) is 4.39 Å². The predicted octanol–water partition coefficient (Wildman–Crippen LogP) is 3.57. The van der Waals surface area contributed by atoms with E-state index in [1.807, 2.05) is 18.2 Å². The molecular weight excluding hydrogens is 365 g/mol. The van der Waals surface area contributed by atoms with Gasteiger partial charge < -0.3 is 5.73 Å². The van der Waals surface area contributed by atoms with Gasteiger partial charge in [-0.15, -0.1) is 0 Å². The summed E-state index contributed by atoms with van der Waals surface area (Å²) >= 11 is 0. The zero-order valence-corrected chi connectivity index (χ0v) is 16.5. The van der Waals surface area contributed by atoms with Gasteiger partial charge in [0.25, 0.3) is 0 Å². The minimum atomic E-state index is -0.180. The number of aromatic nitrogens is 2. The van der Waals surface area contributed by atoms with E-state index in [-0.39, 0.29) is 5.82 Å². The van der Waals surface area contributed by atoms with Crippen molar-refractivity contribution in [2.24, 2.45) is 0 Å². The Morgan fingerprint density at radius 2 is 1.48 bits per heavy atom. The molecule has 1 fully saturated rings. The lowest BCUT2D eigenvalue weighted by Gasteiger charge is -2.23. The van der Waals surface area contributed by atoms with E-state index in [0.29, 0.717) is 5.95 Å². The summed E-state index contributed by atoms with van der Waals surface area (Å²) in [6.07, 6.45) is 4.69. The van der Waals surface area contributed by atoms with Crippen LogP contribution >= 0.6 is 0 Å². The number of halogens is 1. The fraction of sp³-hybridized carbons (Fsp3) is 0.304. The summed E-state index contributed by atoms with van der Waals surface area (Å²) in [5.41, 5.74) is 10.2. The van der Waals surface area contributed by atoms with Crippen LogP contribution in [0.4, 0.5) is 10.3 Å². The zero-order valence-electron chi connectivity index (χ0n) is 16.5. The van der Waals surface area contributed by atoms with Gasteiger partial charge in [0, 0.05) is 44.1 Å². The molecule has 0 saturated carbocycles. The van der Waals surface area contributed by atoms with Crippen molar-refractivity contribution in [3.8, 4) is 11.1 Å². The van der Waals surface area contributed by atoms with Gasteiger partial charge in [0.1, 0.15) is 5.82 Å². The maximum Gasteiger partial charge on any atom is 0.219 e. The molecule has 5 nitrogen and oxygen atoms in total. The molecule has 0 radical (unpaired) electrons. The molecule has 0 bridgehead atoms. The molecule has 1 aliphatic heterocycles. The Hall–Kier alpha value is -2.83. The van der Waals surface area contributed by atoms with Crippen molar-refractivity contribution in [2.45, 2.75) is 19.5 Å². The first-order valence-electron chi connectivity index (χ1n) is 10.0. The molecule has 0 atom stereocenters. The molecule has 2 aromatic carbocycles. The molecule has 29 heavy (non-hydrogen) atoms. The molecule has 6 heteroatoms. The predicted molar refractivity (Wildman–Crippen MR) is 113 cm³/mol. The second-order valence-corrected chi connectivity index (χ2v) is 7.52. The van der Waals surface area contributed by atoms with Crippen LogP contribution in [0.1, 0.15) is 17.5 Å². The summed E-state index contributed by atoms with van der Waals surface area (Å²) in [5.74, 6) is 0.112. The molecule has 0 amide bonds. The maximum absolute atomic E-state index is 13.1. The van der Waals surface area contributed by atoms with Crippen molar-refractivity contribution >= 4 is 5.95 Å². The van der Waals surface area contributed by atoms with Crippen molar-refractivity contribution in [2.75, 3.05) is 31.9 Å². The van der Waals surface area contributed by atoms with Crippen LogP contribution in [-0.4, -0.2) is 45.9 Å². The molecule has 3 aromatic rings. The van der Waals surface area contributed by atoms with Crippen LogP contribution in [0.5, 0.6) is 0 Å². The molecule has 1 aliphatic rings. The fourth-order valence-electron chi connectivity index (χ4n) is 3.85. The topological polar surface area (TPSA) is 58.3 Å². The standard InChI is InChI=1S/C23H26FN5/c24-21-8-6-18(7-9-21)16-28-10-3-11-29(13-12-28)17-19-4-1-2-5-22(19)20-14-26-23(25)27-15-20/h1-2,4-9,14-15H,3,10-13,16-17H2,(H2,25,26,27). The molecule has 0 unspecified atom stereocenters. The number of rotatable bonds is 5. The van der Waals surface area contributed by atoms with Gasteiger partial charge in [0.15, 0.2) is 0 Å². The summed E-state index contributed by atoms with van der Waals surface area (Å²) in [6.45, 7) is 5.89. The summed E-state index contributed by atoms with van der Waals surface area (Å²) in [6, 6.07) is 15.2. The Morgan fingerprint density at radius 1 is 0.828 bits per heavy atom. The maximum atomic E-state index is 13.1. The number of hydrogen-bond donors (Lipinski definition) is 1. The summed E-state index contributed by atoms with van der Waals surface area (Å²) < 4.78 is 13.1. The molecule has 1 saturated heterocycles. The average molecular weight is 391 g/mol. The SMILES string of the molecule is Nc1ncc(-c2ccccc2CN2CCCN(Cc3ccc(F)cc3)CC2)cn1. The lowest BCUT2D eigenvalue weighted by atomic mass is 10.0. The van der Waals surface area contributed by atoms with Crippen molar-refractivity contribution in [1.29, 1.82) is 0 Å². The molecule has 150 valence electrons. The number of anilines is 1. The minimum absolute atomic E-state index is 0.180. The zero-order chi connectivity index (χ0) is 20.1. The third kappa shape index (κ3) is 5.16. The first-order chi connectivity index (χ1) is 14.2. The van der Waals surface area contributed by atoms with E-state index in [0.717, 1.165) is 62.4 Å². The van der Waals surface area contributed by atoms with E-state index in [1.54, 1.807) is 12.4 Å². The highest BCUT2D eigenvalue weighted by Gasteiger charge is 2.17. The van der Waals surface area contributed by atoms with E-state index in [1.165, 1.54) is 17.7 Å². The lowest BCUT2D eigenvalue weighted by molar-refractivity contribution is 0.247. The fourth-order valence-corrected chi connectivity index (χ4v) is 3.85. The Labute approximate surface area is 171 Å². The smallest absolute Gasteiger partial charge is 0.219 e. The molecule has 0 spiro atoms. The van der Waals surface area contributed by atoms with Gasteiger partial charge in [-0.2, -0.15) is 0 Å². The molecule has 2 heterocycles. The molecule has 0 aliphatic carbocycles. The highest BCUT2D eigenvalue weighted by atomic mass is 19.1. The van der Waals surface area contributed by atoms with Crippen molar-refractivity contribution < 1.29 is 4.39 Å². The monoisotopic (exact) mass is 391 g/mol. The van der Waals surface area contributed by atoms with Crippen LogP contribution < -0.4 is 5.73 Å². The molecule has 1 aromatic heterocycles. The van der Waals surface area contributed by atoms with Crippen LogP contribution in [0.3, 0.4) is 0 Å². The summed E-state index contributed by atoms with van der Waals surface area (Å²) in [4.78, 5) is 13.2. The second kappa shape index (κ2) is 9.11. The van der Waals surface area contributed by atoms with Crippen LogP contribution in [0.25, 0.3) is 11.1 Å². The first kappa shape index (κ1) is 19.5. The largest absolute Gasteiger partial charge is 0.368 e. The van der Waals surface area contributed by atoms with Crippen molar-refractivity contribution in [3.05, 3.63) is 77.9 Å². The van der Waals surface area contributed by atoms with Crippen LogP contribution in [0, 0.1) is 5.82 Å². The Bertz CT molecular complexity index is 927. The van der Waals surface area contributed by atoms with E-state index < -0.39 is 0 Å². The highest BCUT2D eigenvalue weighted by molar-refractivity contribution is 5.66. The number of hydrogen-bond acceptors (Lipinski definition) is 5. The Morgan fingerprint density at radius 3 is 2.21 bits per heavy atom. The summed E-state index contributed by atoms with van der Waals surface area (Å²) in [5, 5.41) is 0. The first-order valence-corrected chi connectivity index (χ1v) is 10.0. The van der Waals surface area contributed by atoms with Gasteiger partial charge in [0.05, 0.1) is 0 Å². The van der Waals surface area contributed by atoms with Crippen molar-refractivity contribution in [3.63, 3.8) is 0 Å². The lowest BCUT2D eigenvalue weighted by Crippen LogP contribution is -2.30. The second-order valence-electron chi connectivity index (χ2n) is 7.52. The molecule has 4 rings (SSSR count). The van der Waals surface area contributed by atoms with Gasteiger partial charge >= 0.3 is 0 Å². The van der Waals surface area contributed by atoms with Gasteiger partial charge in [-0.1, -0.05) is 36.4 Å². The highest BCUT2D eigenvalue weighted by Crippen LogP contribution is 2.24. The Balaban J connectivity index is 1.40. The number of nitrogens with two attached hydrogens (primary N) is 1. The average Bonchev–Trinajstić information content (AvgIpc) is 2.96. The van der Waals surface area contributed by atoms with E-state index in [4.69, 9.17) is 5.73 Å². The third-order valence-electron chi connectivity index (χ3n) is 5.39. The summed E-state index contributed by atoms with van der Waals surface area (Å²) in [7, 11) is 0. The van der Waals surface area contributed by atoms with Crippen LogP contribution in [0.2, 0.25) is 0 Å². The van der Waals surface area contributed by atoms with Gasteiger partial charge in [-0.25, -0.2) is 14.4 Å². The van der Waals surface area contributed by atoms with Crippen LogP contribution in [0.15, 0.2) is 60.9 Å². The number of nitrogens with zero attached hydrogens (tertiary/aromatic N) is 4. The van der Waals surface area contributed by atoms with Crippen LogP contribution in [-0.2, 0) is 13.1 Å². The molecule has 2 N–H and O–H groups in total. The van der Waals surface area contributed by atoms with Crippen molar-refractivity contribution in [1.82, 2.24) is 19.8 Å².